The zero-order valence-corrected chi connectivity index (χ0v) is 14.4. The lowest BCUT2D eigenvalue weighted by Gasteiger charge is -2.07. The number of furan rings is 1. The van der Waals surface area contributed by atoms with E-state index in [1.807, 2.05) is 0 Å². The van der Waals surface area contributed by atoms with Crippen molar-refractivity contribution in [3.63, 3.8) is 0 Å². The van der Waals surface area contributed by atoms with Crippen LogP contribution in [0.3, 0.4) is 0 Å². The standard InChI is InChI=1S/C19H12ClF3N2O2/c20-15-6-4-12(5-7-15)17-9-8-16(27-17)11-24-25-18(26)13-2-1-3-14(10-13)19(21,22)23/h1-11H,(H,25,26)/b24-11-. The second-order valence-corrected chi connectivity index (χ2v) is 5.92. The molecule has 0 saturated heterocycles. The van der Waals surface area contributed by atoms with E-state index in [1.54, 1.807) is 36.4 Å². The van der Waals surface area contributed by atoms with Gasteiger partial charge in [0.15, 0.2) is 0 Å². The Morgan fingerprint density at radius 3 is 2.52 bits per heavy atom. The molecule has 1 amide bonds. The summed E-state index contributed by atoms with van der Waals surface area (Å²) in [6.45, 7) is 0. The molecule has 1 N–H and O–H groups in total. The van der Waals surface area contributed by atoms with Gasteiger partial charge >= 0.3 is 6.18 Å². The molecule has 0 spiro atoms. The van der Waals surface area contributed by atoms with Gasteiger partial charge < -0.3 is 4.42 Å². The summed E-state index contributed by atoms with van der Waals surface area (Å²) in [5.41, 5.74) is 1.93. The van der Waals surface area contributed by atoms with Gasteiger partial charge in [-0.15, -0.1) is 0 Å². The lowest BCUT2D eigenvalue weighted by Crippen LogP contribution is -2.18. The summed E-state index contributed by atoms with van der Waals surface area (Å²) in [7, 11) is 0. The molecule has 138 valence electrons. The number of nitrogens with one attached hydrogen (secondary N) is 1. The molecule has 0 bridgehead atoms. The van der Waals surface area contributed by atoms with E-state index in [4.69, 9.17) is 16.0 Å². The number of carbonyl (C=O) groups is 1. The van der Waals surface area contributed by atoms with Gasteiger partial charge in [0.2, 0.25) is 0 Å². The van der Waals surface area contributed by atoms with Gasteiger partial charge in [0.25, 0.3) is 5.91 Å². The molecule has 0 saturated carbocycles. The third kappa shape index (κ3) is 4.77. The SMILES string of the molecule is O=C(N/N=C\c1ccc(-c2ccc(Cl)cc2)o1)c1cccc(C(F)(F)F)c1. The van der Waals surface area contributed by atoms with Crippen LogP contribution in [-0.4, -0.2) is 12.1 Å². The molecule has 3 rings (SSSR count). The van der Waals surface area contributed by atoms with Gasteiger partial charge in [-0.2, -0.15) is 18.3 Å². The first-order chi connectivity index (χ1) is 12.8. The number of alkyl halides is 3. The van der Waals surface area contributed by atoms with Crippen molar-refractivity contribution in [2.75, 3.05) is 0 Å². The molecule has 1 heterocycles. The molecule has 3 aromatic rings. The monoisotopic (exact) mass is 392 g/mol. The van der Waals surface area contributed by atoms with Gasteiger partial charge in [-0.1, -0.05) is 17.7 Å². The maximum Gasteiger partial charge on any atom is 0.416 e. The molecule has 0 fully saturated rings. The quantitative estimate of drug-likeness (QED) is 0.478. The van der Waals surface area contributed by atoms with Crippen LogP contribution in [0.5, 0.6) is 0 Å². The summed E-state index contributed by atoms with van der Waals surface area (Å²) >= 11 is 5.83. The van der Waals surface area contributed by atoms with Crippen LogP contribution in [0.4, 0.5) is 13.2 Å². The highest BCUT2D eigenvalue weighted by molar-refractivity contribution is 6.30. The van der Waals surface area contributed by atoms with Gasteiger partial charge in [0.05, 0.1) is 11.8 Å². The summed E-state index contributed by atoms with van der Waals surface area (Å²) in [4.78, 5) is 11.9. The van der Waals surface area contributed by atoms with E-state index in [0.29, 0.717) is 16.5 Å². The lowest BCUT2D eigenvalue weighted by atomic mass is 10.1. The van der Waals surface area contributed by atoms with Crippen molar-refractivity contribution in [3.05, 3.63) is 82.6 Å². The Morgan fingerprint density at radius 2 is 1.81 bits per heavy atom. The first-order valence-electron chi connectivity index (χ1n) is 7.69. The zero-order chi connectivity index (χ0) is 19.4. The minimum atomic E-state index is -4.52. The number of benzene rings is 2. The largest absolute Gasteiger partial charge is 0.455 e. The Morgan fingerprint density at radius 1 is 1.07 bits per heavy atom. The number of rotatable bonds is 4. The van der Waals surface area contributed by atoms with Crippen LogP contribution < -0.4 is 5.43 Å². The molecule has 0 radical (unpaired) electrons. The lowest BCUT2D eigenvalue weighted by molar-refractivity contribution is -0.137. The third-order valence-corrected chi connectivity index (χ3v) is 3.82. The number of carbonyl (C=O) groups excluding carboxylic acids is 1. The van der Waals surface area contributed by atoms with Crippen molar-refractivity contribution >= 4 is 23.7 Å². The average Bonchev–Trinajstić information content (AvgIpc) is 3.10. The van der Waals surface area contributed by atoms with Crippen molar-refractivity contribution < 1.29 is 22.4 Å². The van der Waals surface area contributed by atoms with E-state index in [0.717, 1.165) is 23.8 Å². The maximum atomic E-state index is 12.7. The molecular formula is C19H12ClF3N2O2. The van der Waals surface area contributed by atoms with E-state index < -0.39 is 17.6 Å². The van der Waals surface area contributed by atoms with Gasteiger partial charge in [0.1, 0.15) is 11.5 Å². The smallest absolute Gasteiger partial charge is 0.416 e. The number of nitrogens with zero attached hydrogens (tertiary/aromatic N) is 1. The molecule has 0 aliphatic carbocycles. The van der Waals surface area contributed by atoms with Crippen LogP contribution in [0, 0.1) is 0 Å². The van der Waals surface area contributed by atoms with Crippen LogP contribution in [0.15, 0.2) is 70.2 Å². The van der Waals surface area contributed by atoms with Crippen LogP contribution >= 0.6 is 11.6 Å². The van der Waals surface area contributed by atoms with E-state index in [9.17, 15) is 18.0 Å². The highest BCUT2D eigenvalue weighted by Gasteiger charge is 2.30. The predicted octanol–water partition coefficient (Wildman–Crippen LogP) is 5.38. The molecule has 2 aromatic carbocycles. The van der Waals surface area contributed by atoms with Crippen molar-refractivity contribution in [1.29, 1.82) is 0 Å². The number of amides is 1. The van der Waals surface area contributed by atoms with Crippen molar-refractivity contribution in [2.24, 2.45) is 5.10 Å². The topological polar surface area (TPSA) is 54.6 Å². The number of hydrogen-bond donors (Lipinski definition) is 1. The van der Waals surface area contributed by atoms with Gasteiger partial charge in [-0.25, -0.2) is 5.43 Å². The fraction of sp³-hybridized carbons (Fsp3) is 0.0526. The Balaban J connectivity index is 1.66. The molecule has 1 aromatic heterocycles. The Bertz CT molecular complexity index is 979. The van der Waals surface area contributed by atoms with Gasteiger partial charge in [-0.05, 0) is 54.6 Å². The minimum Gasteiger partial charge on any atom is -0.455 e. The molecule has 4 nitrogen and oxygen atoms in total. The second kappa shape index (κ2) is 7.67. The first-order valence-corrected chi connectivity index (χ1v) is 8.07. The first kappa shape index (κ1) is 18.7. The fourth-order valence-corrected chi connectivity index (χ4v) is 2.37. The molecule has 8 heteroatoms. The second-order valence-electron chi connectivity index (χ2n) is 5.49. The fourth-order valence-electron chi connectivity index (χ4n) is 2.25. The van der Waals surface area contributed by atoms with Gasteiger partial charge in [0, 0.05) is 16.1 Å². The highest BCUT2D eigenvalue weighted by atomic mass is 35.5. The zero-order valence-electron chi connectivity index (χ0n) is 13.6. The summed E-state index contributed by atoms with van der Waals surface area (Å²) in [5, 5.41) is 4.31. The highest BCUT2D eigenvalue weighted by Crippen LogP contribution is 2.29. The minimum absolute atomic E-state index is 0.150. The van der Waals surface area contributed by atoms with Crippen LogP contribution in [0.25, 0.3) is 11.3 Å². The number of hydrazone groups is 1. The van der Waals surface area contributed by atoms with Crippen LogP contribution in [0.1, 0.15) is 21.7 Å². The van der Waals surface area contributed by atoms with E-state index in [1.165, 1.54) is 12.3 Å². The maximum absolute atomic E-state index is 12.7. The molecule has 0 aliphatic rings. The Hall–Kier alpha value is -3.06. The normalized spacial score (nSPS) is 11.7. The molecule has 27 heavy (non-hydrogen) atoms. The molecule has 0 aliphatic heterocycles. The average molecular weight is 393 g/mol. The predicted molar refractivity (Wildman–Crippen MR) is 95.7 cm³/mol. The summed E-state index contributed by atoms with van der Waals surface area (Å²) < 4.78 is 43.6. The van der Waals surface area contributed by atoms with E-state index in [2.05, 4.69) is 10.5 Å². The summed E-state index contributed by atoms with van der Waals surface area (Å²) in [6.07, 6.45) is -3.27. The molecular weight excluding hydrogens is 381 g/mol. The van der Waals surface area contributed by atoms with Crippen molar-refractivity contribution in [2.45, 2.75) is 6.18 Å². The Labute approximate surface area is 157 Å². The third-order valence-electron chi connectivity index (χ3n) is 3.57. The van der Waals surface area contributed by atoms with Crippen molar-refractivity contribution in [1.82, 2.24) is 5.43 Å². The van der Waals surface area contributed by atoms with Crippen LogP contribution in [0.2, 0.25) is 5.02 Å². The molecule has 0 atom stereocenters. The van der Waals surface area contributed by atoms with E-state index >= 15 is 0 Å². The number of hydrogen-bond acceptors (Lipinski definition) is 3. The molecule has 0 unspecified atom stereocenters. The summed E-state index contributed by atoms with van der Waals surface area (Å²) in [5.74, 6) is 0.184. The number of halogens is 4. The van der Waals surface area contributed by atoms with Crippen molar-refractivity contribution in [3.8, 4) is 11.3 Å². The van der Waals surface area contributed by atoms with E-state index in [-0.39, 0.29) is 5.56 Å². The Kier molecular flexibility index (Phi) is 5.32. The van der Waals surface area contributed by atoms with Gasteiger partial charge in [-0.3, -0.25) is 4.79 Å². The van der Waals surface area contributed by atoms with Crippen LogP contribution in [-0.2, 0) is 6.18 Å². The summed E-state index contributed by atoms with van der Waals surface area (Å²) in [6, 6.07) is 14.5.